The average Bonchev–Trinajstić information content (AvgIpc) is 3.29. The Morgan fingerprint density at radius 1 is 1.41 bits per heavy atom. The first kappa shape index (κ1) is 26.5. The molecule has 1 fully saturated rings. The van der Waals surface area contributed by atoms with Gasteiger partial charge < -0.3 is 31.5 Å². The van der Waals surface area contributed by atoms with E-state index in [9.17, 15) is 19.5 Å². The topological polar surface area (TPSA) is 219 Å². The molecule has 0 radical (unpaired) electrons. The molecule has 0 aromatic carbocycles. The van der Waals surface area contributed by atoms with Crippen LogP contribution >= 0.6 is 34.9 Å². The van der Waals surface area contributed by atoms with E-state index in [1.807, 2.05) is 0 Å². The number of aryl methyl sites for hydroxylation is 1. The fraction of sp³-hybridized carbons (Fsp3) is 0.350. The number of nitrogens with one attached hydrogen (secondary N) is 1. The van der Waals surface area contributed by atoms with Crippen molar-refractivity contribution in [1.29, 1.82) is 0 Å². The molecule has 0 spiro atoms. The Bertz CT molecular complexity index is 1330. The molecule has 2 atom stereocenters. The summed E-state index contributed by atoms with van der Waals surface area (Å²) < 4.78 is 1.30. The lowest BCUT2D eigenvalue weighted by Gasteiger charge is -2.50. The molecule has 37 heavy (non-hydrogen) atoms. The van der Waals surface area contributed by atoms with E-state index in [0.29, 0.717) is 22.1 Å². The quantitative estimate of drug-likeness (QED) is 0.0491. The molecular weight excluding hydrogens is 542 g/mol. The number of oxime groups is 1. The van der Waals surface area contributed by atoms with Crippen LogP contribution in [-0.4, -0.2) is 67.9 Å². The maximum atomic E-state index is 13.0. The molecule has 7 N–H and O–H groups in total. The molecule has 2 amide bonds. The predicted octanol–water partition coefficient (Wildman–Crippen LogP) is -2.05. The molecule has 17 heteroatoms. The van der Waals surface area contributed by atoms with Crippen molar-refractivity contribution >= 4 is 69.3 Å². The number of aliphatic carboxylic acids is 1. The lowest BCUT2D eigenvalue weighted by atomic mass is 10.0. The Morgan fingerprint density at radius 2 is 2.16 bits per heavy atom. The highest BCUT2D eigenvalue weighted by Gasteiger charge is 2.53. The summed E-state index contributed by atoms with van der Waals surface area (Å²) >= 11 is 3.61. The van der Waals surface area contributed by atoms with Crippen LogP contribution < -0.4 is 32.4 Å². The molecule has 196 valence electrons. The Kier molecular flexibility index (Phi) is 7.74. The molecule has 0 saturated carbocycles. The van der Waals surface area contributed by atoms with Gasteiger partial charge in [0.1, 0.15) is 29.9 Å². The van der Waals surface area contributed by atoms with Crippen LogP contribution in [0.15, 0.2) is 33.2 Å². The second-order valence-electron chi connectivity index (χ2n) is 7.82. The lowest BCUT2D eigenvalue weighted by molar-refractivity contribution is -0.682. The van der Waals surface area contributed by atoms with Gasteiger partial charge in [-0.25, -0.2) is 4.98 Å². The molecule has 2 aliphatic rings. The molecule has 14 nitrogen and oxygen atoms in total. The number of amides is 2. The van der Waals surface area contributed by atoms with E-state index in [1.54, 1.807) is 25.4 Å². The molecule has 4 rings (SSSR count). The molecular formula is C20H23N9O5S3. The number of hydrogen-bond donors (Lipinski definition) is 4. The number of rotatable bonds is 9. The molecule has 1 saturated heterocycles. The van der Waals surface area contributed by atoms with Gasteiger partial charge in [-0.15, -0.1) is 27.8 Å². The number of carboxylic acid groups (broad SMARTS) is 1. The highest BCUT2D eigenvalue weighted by Crippen LogP contribution is 2.41. The van der Waals surface area contributed by atoms with Gasteiger partial charge in [-0.3, -0.25) is 20.3 Å². The number of thioether (sulfide) groups is 2. The summed E-state index contributed by atoms with van der Waals surface area (Å²) in [6, 6.07) is -0.978. The Balaban J connectivity index is 1.50. The van der Waals surface area contributed by atoms with E-state index in [4.69, 9.17) is 22.1 Å². The number of fused-ring (bicyclic) bond motifs is 1. The van der Waals surface area contributed by atoms with Crippen LogP contribution in [-0.2, 0) is 19.2 Å². The van der Waals surface area contributed by atoms with Gasteiger partial charge in [0, 0.05) is 16.9 Å². The summed E-state index contributed by atoms with van der Waals surface area (Å²) in [5.41, 5.74) is 12.5. The first-order valence-electron chi connectivity index (χ1n) is 10.8. The van der Waals surface area contributed by atoms with Crippen LogP contribution in [0.1, 0.15) is 18.2 Å². The fourth-order valence-electron chi connectivity index (χ4n) is 3.56. The number of anilines is 2. The number of nitrogens with zero attached hydrogens (tertiary/aromatic N) is 5. The number of hydrogen-bond acceptors (Lipinski definition) is 14. The van der Waals surface area contributed by atoms with Crippen molar-refractivity contribution in [2.45, 2.75) is 30.4 Å². The van der Waals surface area contributed by atoms with Crippen LogP contribution in [0.2, 0.25) is 0 Å². The largest absolute Gasteiger partial charge is 0.543 e. The minimum absolute atomic E-state index is 0.144. The first-order valence-corrected chi connectivity index (χ1v) is 13.7. The Morgan fingerprint density at radius 3 is 2.81 bits per heavy atom. The normalized spacial score (nSPS) is 19.4. The molecule has 0 bridgehead atoms. The third-order valence-corrected chi connectivity index (χ3v) is 8.41. The summed E-state index contributed by atoms with van der Waals surface area (Å²) in [6.45, 7) is 3.67. The Hall–Kier alpha value is -3.57. The van der Waals surface area contributed by atoms with Gasteiger partial charge in [0.25, 0.3) is 11.8 Å². The number of carboxylic acids is 1. The van der Waals surface area contributed by atoms with E-state index >= 15 is 0 Å². The van der Waals surface area contributed by atoms with E-state index in [2.05, 4.69) is 20.4 Å². The van der Waals surface area contributed by atoms with Gasteiger partial charge in [0.2, 0.25) is 5.82 Å². The zero-order valence-corrected chi connectivity index (χ0v) is 22.1. The van der Waals surface area contributed by atoms with Gasteiger partial charge in [-0.2, -0.15) is 0 Å². The zero-order chi connectivity index (χ0) is 26.9. The smallest absolute Gasteiger partial charge is 0.384 e. The molecule has 2 aromatic heterocycles. The zero-order valence-electron chi connectivity index (χ0n) is 19.7. The van der Waals surface area contributed by atoms with Gasteiger partial charge in [-0.05, 0) is 36.2 Å². The van der Waals surface area contributed by atoms with Crippen molar-refractivity contribution in [2.75, 3.05) is 35.4 Å². The SMILES string of the molecule is CCO/N=C(\C(=O)NC1C(=O)N2C(C(=O)[O-])=C(CSc3nc(N)c(C)c[n+]3N)CS[C@H]12)c1csc(N)n1. The predicted molar refractivity (Wildman–Crippen MR) is 136 cm³/mol. The van der Waals surface area contributed by atoms with Crippen molar-refractivity contribution in [3.8, 4) is 0 Å². The van der Waals surface area contributed by atoms with Gasteiger partial charge in [0.15, 0.2) is 10.8 Å². The van der Waals surface area contributed by atoms with E-state index in [-0.39, 0.29) is 40.3 Å². The monoisotopic (exact) mass is 565 g/mol. The molecule has 1 unspecified atom stereocenters. The summed E-state index contributed by atoms with van der Waals surface area (Å²) in [7, 11) is 0. The fourth-order valence-corrected chi connectivity index (χ4v) is 6.49. The van der Waals surface area contributed by atoms with Crippen LogP contribution in [0.25, 0.3) is 0 Å². The standard InChI is InChI=1S/C20H23N9O5S3/c1-3-34-27-11(10-7-36-19(22)24-10)15(30)25-12-16(31)29-13(18(32)33)9(5-35-17(12)29)6-37-20-26-14(21)8(2)4-28(20)23/h4,7,12,17,21H,3,5-6,23H2,1-2H3,(H4,22,24,25,30,32,33)/b27-11-/t12?,17-/m1/s1. The maximum Gasteiger partial charge on any atom is 0.384 e. The van der Waals surface area contributed by atoms with Crippen LogP contribution in [0.3, 0.4) is 0 Å². The average molecular weight is 566 g/mol. The number of thiazole rings is 1. The van der Waals surface area contributed by atoms with Gasteiger partial charge >= 0.3 is 5.16 Å². The van der Waals surface area contributed by atoms with Gasteiger partial charge in [-0.1, -0.05) is 5.16 Å². The number of nitrogens with two attached hydrogens (primary N) is 3. The maximum absolute atomic E-state index is 13.0. The second kappa shape index (κ2) is 10.8. The number of aromatic nitrogens is 3. The van der Waals surface area contributed by atoms with Crippen LogP contribution in [0, 0.1) is 6.92 Å². The van der Waals surface area contributed by atoms with Crippen LogP contribution in [0.4, 0.5) is 10.9 Å². The summed E-state index contributed by atoms with van der Waals surface area (Å²) in [6.07, 6.45) is 1.61. The minimum Gasteiger partial charge on any atom is -0.543 e. The van der Waals surface area contributed by atoms with E-state index in [1.165, 1.54) is 28.2 Å². The summed E-state index contributed by atoms with van der Waals surface area (Å²) in [4.78, 5) is 52.4. The highest BCUT2D eigenvalue weighted by atomic mass is 32.2. The third kappa shape index (κ3) is 5.28. The van der Waals surface area contributed by atoms with Gasteiger partial charge in [0.05, 0.1) is 17.2 Å². The lowest BCUT2D eigenvalue weighted by Crippen LogP contribution is -2.71. The van der Waals surface area contributed by atoms with E-state index in [0.717, 1.165) is 16.2 Å². The third-order valence-electron chi connectivity index (χ3n) is 5.34. The molecule has 2 aromatic rings. The molecule has 2 aliphatic heterocycles. The van der Waals surface area contributed by atoms with Crippen molar-refractivity contribution in [3.63, 3.8) is 0 Å². The van der Waals surface area contributed by atoms with Crippen molar-refractivity contribution in [3.05, 3.63) is 34.1 Å². The number of β-lactam (4-membered cyclic amide) rings is 1. The second-order valence-corrected chi connectivity index (χ2v) is 10.8. The number of nitrogen functional groups attached to an aromatic ring is 3. The van der Waals surface area contributed by atoms with Crippen LogP contribution in [0.5, 0.6) is 0 Å². The van der Waals surface area contributed by atoms with E-state index < -0.39 is 29.2 Å². The summed E-state index contributed by atoms with van der Waals surface area (Å²) in [5.74, 6) is 3.93. The Labute approximate surface area is 223 Å². The van der Waals surface area contributed by atoms with Crippen molar-refractivity contribution in [2.24, 2.45) is 5.16 Å². The minimum atomic E-state index is -1.49. The highest BCUT2D eigenvalue weighted by molar-refractivity contribution is 8.01. The molecule has 4 heterocycles. The molecule has 0 aliphatic carbocycles. The van der Waals surface area contributed by atoms with Crippen molar-refractivity contribution < 1.29 is 29.0 Å². The van der Waals surface area contributed by atoms with Crippen molar-refractivity contribution in [1.82, 2.24) is 20.2 Å². The number of carbonyl (C=O) groups is 3. The first-order chi connectivity index (χ1) is 17.6. The summed E-state index contributed by atoms with van der Waals surface area (Å²) in [5, 5.41) is 20.0. The number of carbonyl (C=O) groups excluding carboxylic acids is 3.